The second-order valence-corrected chi connectivity index (χ2v) is 8.56. The number of rotatable bonds is 4. The molecular weight excluding hydrogens is 394 g/mol. The van der Waals surface area contributed by atoms with Crippen molar-refractivity contribution in [3.63, 3.8) is 0 Å². The Morgan fingerprint density at radius 2 is 1.69 bits per heavy atom. The predicted molar refractivity (Wildman–Crippen MR) is 122 cm³/mol. The summed E-state index contributed by atoms with van der Waals surface area (Å²) in [7, 11) is 0. The largest absolute Gasteiger partial charge is 0.305 e. The smallest absolute Gasteiger partial charge is 0.203 e. The van der Waals surface area contributed by atoms with Crippen LogP contribution in [0.4, 0.5) is 0 Å². The average molecular weight is 420 g/mol. The fourth-order valence-corrected chi connectivity index (χ4v) is 5.16. The lowest BCUT2D eigenvalue weighted by Crippen LogP contribution is -2.52. The highest BCUT2D eigenvalue weighted by Gasteiger charge is 2.56. The second kappa shape index (κ2) is 8.80. The van der Waals surface area contributed by atoms with Crippen molar-refractivity contribution in [3.05, 3.63) is 82.9 Å². The van der Waals surface area contributed by atoms with Crippen LogP contribution in [0.15, 0.2) is 66.2 Å². The molecule has 1 N–H and O–H groups in total. The van der Waals surface area contributed by atoms with Crippen molar-refractivity contribution in [3.8, 4) is 18.2 Å². The summed E-state index contributed by atoms with van der Waals surface area (Å²) in [6.07, 6.45) is 2.88. The number of aryl methyl sites for hydroxylation is 1. The van der Waals surface area contributed by atoms with Crippen LogP contribution in [0, 0.1) is 56.7 Å². The summed E-state index contributed by atoms with van der Waals surface area (Å²) in [5.41, 5.74) is 2.33. The molecule has 0 amide bonds. The van der Waals surface area contributed by atoms with E-state index in [0.717, 1.165) is 18.5 Å². The van der Waals surface area contributed by atoms with E-state index in [9.17, 15) is 15.8 Å². The van der Waals surface area contributed by atoms with Gasteiger partial charge >= 0.3 is 0 Å². The molecule has 32 heavy (non-hydrogen) atoms. The maximum Gasteiger partial charge on any atom is 0.203 e. The lowest BCUT2D eigenvalue weighted by atomic mass is 9.55. The molecule has 1 heterocycles. The minimum Gasteiger partial charge on any atom is -0.305 e. The van der Waals surface area contributed by atoms with Crippen LogP contribution in [0.2, 0.25) is 0 Å². The number of nitrogens with zero attached hydrogens (tertiary/aromatic N) is 4. The quantitative estimate of drug-likeness (QED) is 0.732. The highest BCUT2D eigenvalue weighted by Crippen LogP contribution is 2.52. The Balaban J connectivity index is 1.79. The summed E-state index contributed by atoms with van der Waals surface area (Å²) in [5, 5.41) is 38.8. The summed E-state index contributed by atoms with van der Waals surface area (Å²) >= 11 is 0. The zero-order valence-corrected chi connectivity index (χ0v) is 18.1. The van der Waals surface area contributed by atoms with E-state index in [-0.39, 0.29) is 17.5 Å². The molecule has 0 bridgehead atoms. The van der Waals surface area contributed by atoms with E-state index < -0.39 is 11.3 Å². The van der Waals surface area contributed by atoms with Crippen molar-refractivity contribution in [1.29, 1.82) is 21.2 Å². The molecule has 2 aromatic carbocycles. The van der Waals surface area contributed by atoms with Crippen LogP contribution >= 0.6 is 0 Å². The van der Waals surface area contributed by atoms with Crippen molar-refractivity contribution in [1.82, 2.24) is 4.90 Å². The van der Waals surface area contributed by atoms with Gasteiger partial charge in [0.2, 0.25) is 5.41 Å². The van der Waals surface area contributed by atoms with Gasteiger partial charge in [-0.15, -0.1) is 0 Å². The van der Waals surface area contributed by atoms with E-state index in [1.807, 2.05) is 36.4 Å². The molecule has 1 aliphatic carbocycles. The third kappa shape index (κ3) is 3.50. The van der Waals surface area contributed by atoms with E-state index >= 15 is 0 Å². The van der Waals surface area contributed by atoms with Gasteiger partial charge in [0.1, 0.15) is 0 Å². The van der Waals surface area contributed by atoms with E-state index in [2.05, 4.69) is 54.3 Å². The van der Waals surface area contributed by atoms with Gasteiger partial charge < -0.3 is 5.41 Å². The Hall–Kier alpha value is -3.72. The summed E-state index contributed by atoms with van der Waals surface area (Å²) < 4.78 is 0. The van der Waals surface area contributed by atoms with Crippen LogP contribution in [0.1, 0.15) is 29.5 Å². The Bertz CT molecular complexity index is 1140. The van der Waals surface area contributed by atoms with Crippen molar-refractivity contribution < 1.29 is 0 Å². The third-order valence-corrected chi connectivity index (χ3v) is 6.86. The molecule has 1 saturated carbocycles. The van der Waals surface area contributed by atoms with Gasteiger partial charge in [0.25, 0.3) is 0 Å². The number of hydrogen-bond donors (Lipinski definition) is 1. The van der Waals surface area contributed by atoms with Crippen LogP contribution in [0.25, 0.3) is 0 Å². The highest BCUT2D eigenvalue weighted by atomic mass is 15.1. The molecule has 0 aromatic heterocycles. The molecule has 5 nitrogen and oxygen atoms in total. The van der Waals surface area contributed by atoms with Gasteiger partial charge in [0.15, 0.2) is 0 Å². The molecule has 0 spiro atoms. The number of benzene rings is 2. The molecule has 2 aromatic rings. The first-order valence-electron chi connectivity index (χ1n) is 10.9. The van der Waals surface area contributed by atoms with Crippen molar-refractivity contribution >= 4 is 5.71 Å². The molecule has 5 heteroatoms. The number of fused-ring (bicyclic) bond motifs is 1. The zero-order chi connectivity index (χ0) is 22.7. The summed E-state index contributed by atoms with van der Waals surface area (Å²) in [6, 6.07) is 24.9. The summed E-state index contributed by atoms with van der Waals surface area (Å²) in [6.45, 7) is 4.10. The maximum absolute atomic E-state index is 10.1. The fourth-order valence-electron chi connectivity index (χ4n) is 5.16. The number of nitrogens with one attached hydrogen (secondary N) is 1. The molecule has 1 fully saturated rings. The van der Waals surface area contributed by atoms with Crippen LogP contribution in [0.5, 0.6) is 0 Å². The van der Waals surface area contributed by atoms with E-state index in [1.165, 1.54) is 11.1 Å². The van der Waals surface area contributed by atoms with Gasteiger partial charge in [0, 0.05) is 31.5 Å². The van der Waals surface area contributed by atoms with Gasteiger partial charge in [0.05, 0.1) is 29.8 Å². The molecule has 0 saturated heterocycles. The first kappa shape index (κ1) is 21.5. The minimum atomic E-state index is -1.66. The average Bonchev–Trinajstić information content (AvgIpc) is 2.84. The molecule has 3 atom stereocenters. The maximum atomic E-state index is 10.1. The normalized spacial score (nSPS) is 24.4. The summed E-state index contributed by atoms with van der Waals surface area (Å²) in [5.74, 6) is -1.27. The Kier molecular flexibility index (Phi) is 5.91. The van der Waals surface area contributed by atoms with Gasteiger partial charge in [-0.2, -0.15) is 15.8 Å². The monoisotopic (exact) mass is 419 g/mol. The highest BCUT2D eigenvalue weighted by molar-refractivity contribution is 6.01. The SMILES string of the molecule is CCc1ccc([C@H]2C(C#N)C(=N)C(C#N)(C#N)C3=CCN(Cc4ccccc4)C[C@H]32)cc1. The number of hydrogen-bond acceptors (Lipinski definition) is 5. The van der Waals surface area contributed by atoms with Crippen molar-refractivity contribution in [2.24, 2.45) is 17.3 Å². The first-order chi connectivity index (χ1) is 15.6. The van der Waals surface area contributed by atoms with E-state index in [1.54, 1.807) is 0 Å². The lowest BCUT2D eigenvalue weighted by molar-refractivity contribution is 0.203. The molecule has 1 aliphatic heterocycles. The molecule has 1 unspecified atom stereocenters. The fraction of sp³-hybridized carbons (Fsp3) is 0.333. The molecule has 2 aliphatic rings. The number of nitriles is 3. The lowest BCUT2D eigenvalue weighted by Gasteiger charge is -2.47. The van der Waals surface area contributed by atoms with Crippen molar-refractivity contribution in [2.75, 3.05) is 13.1 Å². The van der Waals surface area contributed by atoms with Gasteiger partial charge in [-0.1, -0.05) is 67.6 Å². The first-order valence-corrected chi connectivity index (χ1v) is 10.9. The van der Waals surface area contributed by atoms with Crippen LogP contribution < -0.4 is 0 Å². The summed E-state index contributed by atoms with van der Waals surface area (Å²) in [4.78, 5) is 2.29. The standard InChI is InChI=1S/C27H25N5/c1-2-19-8-10-21(11-9-19)25-22(14-28)26(31)27(17-29,18-30)24-12-13-32(16-23(24)25)15-20-6-4-3-5-7-20/h3-12,22-23,25,31H,2,13,15-16H2,1H3/t22?,23-,25+/m1/s1. The van der Waals surface area contributed by atoms with Crippen molar-refractivity contribution in [2.45, 2.75) is 25.8 Å². The molecule has 4 rings (SSSR count). The Morgan fingerprint density at radius 1 is 1.00 bits per heavy atom. The Labute approximate surface area is 189 Å². The molecule has 0 radical (unpaired) electrons. The molecular formula is C27H25N5. The van der Waals surface area contributed by atoms with Gasteiger partial charge in [-0.05, 0) is 28.7 Å². The predicted octanol–water partition coefficient (Wildman–Crippen LogP) is 4.60. The molecule has 158 valence electrons. The Morgan fingerprint density at radius 3 is 2.28 bits per heavy atom. The second-order valence-electron chi connectivity index (χ2n) is 8.56. The topological polar surface area (TPSA) is 98.5 Å². The van der Waals surface area contributed by atoms with Gasteiger partial charge in [-0.3, -0.25) is 4.90 Å². The third-order valence-electron chi connectivity index (χ3n) is 6.86. The van der Waals surface area contributed by atoms with Crippen LogP contribution in [-0.2, 0) is 13.0 Å². The van der Waals surface area contributed by atoms with Crippen LogP contribution in [0.3, 0.4) is 0 Å². The van der Waals surface area contributed by atoms with Crippen LogP contribution in [-0.4, -0.2) is 23.7 Å². The van der Waals surface area contributed by atoms with E-state index in [4.69, 9.17) is 5.41 Å². The van der Waals surface area contributed by atoms with Gasteiger partial charge in [-0.25, -0.2) is 0 Å². The zero-order valence-electron chi connectivity index (χ0n) is 18.1. The van der Waals surface area contributed by atoms with E-state index in [0.29, 0.717) is 18.7 Å². The minimum absolute atomic E-state index is 0.0893.